The number of fused-ring (bicyclic) bond motifs is 2. The summed E-state index contributed by atoms with van der Waals surface area (Å²) in [6.07, 6.45) is 1.60. The molecule has 3 heterocycles. The van der Waals surface area contributed by atoms with Crippen LogP contribution in [0.2, 0.25) is 0 Å². The van der Waals surface area contributed by atoms with Crippen molar-refractivity contribution in [2.45, 2.75) is 39.8 Å². The minimum atomic E-state index is -0.430. The van der Waals surface area contributed by atoms with Crippen LogP contribution in [0.15, 0.2) is 39.2 Å². The van der Waals surface area contributed by atoms with E-state index in [0.29, 0.717) is 35.7 Å². The molecule has 8 heteroatoms. The predicted octanol–water partition coefficient (Wildman–Crippen LogP) is 2.76. The number of benzene rings is 1. The van der Waals surface area contributed by atoms with Gasteiger partial charge >= 0.3 is 5.69 Å². The molecular weight excluding hydrogens is 390 g/mol. The SMILES string of the molecule is CCCCn1c(=O)c2sccc2n(CC(=O)N2CCOc3ccc(C)cc32)c1=O. The quantitative estimate of drug-likeness (QED) is 0.645. The molecular formula is C21H23N3O4S. The van der Waals surface area contributed by atoms with E-state index in [2.05, 4.69) is 0 Å². The van der Waals surface area contributed by atoms with Gasteiger partial charge in [-0.2, -0.15) is 0 Å². The number of ether oxygens (including phenoxy) is 1. The van der Waals surface area contributed by atoms with E-state index in [9.17, 15) is 14.4 Å². The number of amides is 1. The van der Waals surface area contributed by atoms with Crippen LogP contribution in [-0.4, -0.2) is 28.2 Å². The fraction of sp³-hybridized carbons (Fsp3) is 0.381. The van der Waals surface area contributed by atoms with Crippen LogP contribution in [0.1, 0.15) is 25.3 Å². The zero-order valence-electron chi connectivity index (χ0n) is 16.5. The van der Waals surface area contributed by atoms with Crippen molar-refractivity contribution < 1.29 is 9.53 Å². The Morgan fingerprint density at radius 1 is 1.21 bits per heavy atom. The highest BCUT2D eigenvalue weighted by Gasteiger charge is 2.25. The Labute approximate surface area is 171 Å². The average Bonchev–Trinajstić information content (AvgIpc) is 3.20. The summed E-state index contributed by atoms with van der Waals surface area (Å²) in [5.74, 6) is 0.464. The Morgan fingerprint density at radius 3 is 2.83 bits per heavy atom. The Bertz CT molecular complexity index is 1190. The number of carbonyl (C=O) groups excluding carboxylic acids is 1. The van der Waals surface area contributed by atoms with Crippen molar-refractivity contribution in [3.05, 3.63) is 56.0 Å². The van der Waals surface area contributed by atoms with Gasteiger partial charge in [0.2, 0.25) is 5.91 Å². The lowest BCUT2D eigenvalue weighted by molar-refractivity contribution is -0.119. The first-order chi connectivity index (χ1) is 14.0. The molecule has 1 aromatic carbocycles. The molecule has 7 nitrogen and oxygen atoms in total. The maximum absolute atomic E-state index is 13.2. The summed E-state index contributed by atoms with van der Waals surface area (Å²) < 4.78 is 8.85. The molecule has 2 aromatic heterocycles. The highest BCUT2D eigenvalue weighted by Crippen LogP contribution is 2.32. The molecule has 0 saturated carbocycles. The molecule has 29 heavy (non-hydrogen) atoms. The third kappa shape index (κ3) is 3.48. The summed E-state index contributed by atoms with van der Waals surface area (Å²) in [5.41, 5.74) is 1.56. The Morgan fingerprint density at radius 2 is 2.03 bits per heavy atom. The van der Waals surface area contributed by atoms with Crippen molar-refractivity contribution in [1.29, 1.82) is 0 Å². The molecule has 1 aliphatic heterocycles. The predicted molar refractivity (Wildman–Crippen MR) is 114 cm³/mol. The molecule has 0 unspecified atom stereocenters. The van der Waals surface area contributed by atoms with Crippen molar-refractivity contribution >= 4 is 33.1 Å². The van der Waals surface area contributed by atoms with E-state index in [0.717, 1.165) is 24.1 Å². The van der Waals surface area contributed by atoms with Crippen molar-refractivity contribution in [3.63, 3.8) is 0 Å². The topological polar surface area (TPSA) is 73.5 Å². The lowest BCUT2D eigenvalue weighted by atomic mass is 10.1. The molecule has 3 aromatic rings. The molecule has 1 amide bonds. The fourth-order valence-electron chi connectivity index (χ4n) is 3.61. The van der Waals surface area contributed by atoms with Crippen LogP contribution in [0.5, 0.6) is 5.75 Å². The van der Waals surface area contributed by atoms with Crippen LogP contribution < -0.4 is 20.9 Å². The Hall–Kier alpha value is -2.87. The van der Waals surface area contributed by atoms with Gasteiger partial charge in [-0.15, -0.1) is 11.3 Å². The van der Waals surface area contributed by atoms with E-state index in [-0.39, 0.29) is 18.0 Å². The minimum absolute atomic E-state index is 0.119. The van der Waals surface area contributed by atoms with Crippen LogP contribution in [0.3, 0.4) is 0 Å². The molecule has 152 valence electrons. The largest absolute Gasteiger partial charge is 0.490 e. The second-order valence-corrected chi connectivity index (χ2v) is 8.10. The maximum atomic E-state index is 13.2. The van der Waals surface area contributed by atoms with Crippen molar-refractivity contribution in [3.8, 4) is 5.75 Å². The average molecular weight is 413 g/mol. The van der Waals surface area contributed by atoms with Crippen LogP contribution in [-0.2, 0) is 17.9 Å². The fourth-order valence-corrected chi connectivity index (χ4v) is 4.45. The molecule has 0 spiro atoms. The smallest absolute Gasteiger partial charge is 0.332 e. The van der Waals surface area contributed by atoms with E-state index >= 15 is 0 Å². The molecule has 0 N–H and O–H groups in total. The van der Waals surface area contributed by atoms with E-state index in [1.165, 1.54) is 20.5 Å². The van der Waals surface area contributed by atoms with Gasteiger partial charge in [-0.25, -0.2) is 4.79 Å². The highest BCUT2D eigenvalue weighted by atomic mass is 32.1. The van der Waals surface area contributed by atoms with Gasteiger partial charge in [0.05, 0.1) is 17.7 Å². The van der Waals surface area contributed by atoms with Gasteiger partial charge in [0.25, 0.3) is 5.56 Å². The van der Waals surface area contributed by atoms with E-state index in [1.807, 2.05) is 32.0 Å². The summed E-state index contributed by atoms with van der Waals surface area (Å²) in [4.78, 5) is 40.6. The molecule has 0 bridgehead atoms. The van der Waals surface area contributed by atoms with Crippen molar-refractivity contribution in [1.82, 2.24) is 9.13 Å². The number of hydrogen-bond acceptors (Lipinski definition) is 5. The zero-order valence-corrected chi connectivity index (χ0v) is 17.3. The lowest BCUT2D eigenvalue weighted by Gasteiger charge is -2.30. The zero-order chi connectivity index (χ0) is 20.5. The molecule has 0 saturated heterocycles. The van der Waals surface area contributed by atoms with Gasteiger partial charge in [0.15, 0.2) is 0 Å². The summed E-state index contributed by atoms with van der Waals surface area (Å²) in [5, 5.41) is 1.78. The van der Waals surface area contributed by atoms with Gasteiger partial charge in [0.1, 0.15) is 23.6 Å². The molecule has 0 atom stereocenters. The Balaban J connectivity index is 1.75. The van der Waals surface area contributed by atoms with Gasteiger partial charge in [-0.3, -0.25) is 18.7 Å². The molecule has 0 aliphatic carbocycles. The summed E-state index contributed by atoms with van der Waals surface area (Å²) in [7, 11) is 0. The molecule has 0 radical (unpaired) electrons. The third-order valence-corrected chi connectivity index (χ3v) is 6.04. The van der Waals surface area contributed by atoms with Gasteiger partial charge in [0, 0.05) is 6.54 Å². The van der Waals surface area contributed by atoms with Crippen molar-refractivity contribution in [2.75, 3.05) is 18.1 Å². The minimum Gasteiger partial charge on any atom is -0.490 e. The van der Waals surface area contributed by atoms with Crippen LogP contribution >= 0.6 is 11.3 Å². The second-order valence-electron chi connectivity index (χ2n) is 7.18. The van der Waals surface area contributed by atoms with Gasteiger partial charge in [-0.1, -0.05) is 19.4 Å². The van der Waals surface area contributed by atoms with Crippen LogP contribution in [0, 0.1) is 6.92 Å². The van der Waals surface area contributed by atoms with Crippen LogP contribution in [0.25, 0.3) is 10.2 Å². The maximum Gasteiger partial charge on any atom is 0.332 e. The van der Waals surface area contributed by atoms with Crippen LogP contribution in [0.4, 0.5) is 5.69 Å². The monoisotopic (exact) mass is 413 g/mol. The number of aromatic nitrogens is 2. The van der Waals surface area contributed by atoms with E-state index < -0.39 is 5.69 Å². The number of unbranched alkanes of at least 4 members (excludes halogenated alkanes) is 1. The Kier molecular flexibility index (Phi) is 5.27. The summed E-state index contributed by atoms with van der Waals surface area (Å²) >= 11 is 1.30. The number of anilines is 1. The lowest BCUT2D eigenvalue weighted by Crippen LogP contribution is -2.45. The first-order valence-electron chi connectivity index (χ1n) is 9.76. The summed E-state index contributed by atoms with van der Waals surface area (Å²) in [6, 6.07) is 7.45. The highest BCUT2D eigenvalue weighted by molar-refractivity contribution is 7.17. The number of rotatable bonds is 5. The van der Waals surface area contributed by atoms with Gasteiger partial charge in [-0.05, 0) is 42.5 Å². The second kappa shape index (κ2) is 7.87. The molecule has 0 fully saturated rings. The number of nitrogens with zero attached hydrogens (tertiary/aromatic N) is 3. The van der Waals surface area contributed by atoms with Crippen molar-refractivity contribution in [2.24, 2.45) is 0 Å². The van der Waals surface area contributed by atoms with E-state index in [1.54, 1.807) is 16.3 Å². The number of hydrogen-bond donors (Lipinski definition) is 0. The number of thiophene rings is 1. The molecule has 4 rings (SSSR count). The first kappa shape index (κ1) is 19.4. The first-order valence-corrected chi connectivity index (χ1v) is 10.6. The normalized spacial score (nSPS) is 13.4. The third-order valence-electron chi connectivity index (χ3n) is 5.14. The standard InChI is InChI=1S/C21H23N3O4S/c1-3-4-8-23-20(26)19-15(7-11-29-19)24(21(23)27)13-18(25)22-9-10-28-17-6-5-14(2)12-16(17)22/h5-7,11-12H,3-4,8-10,13H2,1-2H3. The molecule has 1 aliphatic rings. The summed E-state index contributed by atoms with van der Waals surface area (Å²) in [6.45, 7) is 5.03. The number of carbonyl (C=O) groups is 1. The van der Waals surface area contributed by atoms with Gasteiger partial charge < -0.3 is 9.64 Å². The number of aryl methyl sites for hydroxylation is 1. The van der Waals surface area contributed by atoms with E-state index in [4.69, 9.17) is 4.74 Å².